The third-order valence-corrected chi connectivity index (χ3v) is 6.24. The Morgan fingerprint density at radius 1 is 0.581 bits per heavy atom. The Balaban J connectivity index is 1.98. The predicted molar refractivity (Wildman–Crippen MR) is 129 cm³/mol. The highest BCUT2D eigenvalue weighted by atomic mass is 19.1. The second-order valence-corrected chi connectivity index (χ2v) is 7.97. The molecule has 1 nitrogen and oxygen atoms in total. The van der Waals surface area contributed by atoms with Crippen LogP contribution in [0.1, 0.15) is 0 Å². The summed E-state index contributed by atoms with van der Waals surface area (Å²) in [5.41, 5.74) is 6.75. The number of fused-ring (bicyclic) bond motifs is 5. The van der Waals surface area contributed by atoms with Crippen LogP contribution in [0, 0.1) is 5.82 Å². The molecule has 6 rings (SSSR count). The minimum atomic E-state index is -0.221. The lowest BCUT2D eigenvalue weighted by Gasteiger charge is -2.17. The molecular weight excluding hydrogens is 381 g/mol. The van der Waals surface area contributed by atoms with Gasteiger partial charge in [0.25, 0.3) is 0 Å². The van der Waals surface area contributed by atoms with Crippen LogP contribution in [0.5, 0.6) is 0 Å². The standard InChI is InChI=1S/C29H20FN/c1-31-25-15-9-8-14-23(25)28-27(20-12-6-3-7-13-20)26(19-10-4-2-5-11-19)24-18-21(30)16-17-22(24)29(28)31/h2-18H,1H3. The molecule has 0 fully saturated rings. The minimum Gasteiger partial charge on any atom is -0.343 e. The van der Waals surface area contributed by atoms with E-state index in [1.165, 1.54) is 16.3 Å². The van der Waals surface area contributed by atoms with Gasteiger partial charge in [-0.1, -0.05) is 78.9 Å². The van der Waals surface area contributed by atoms with Gasteiger partial charge in [-0.05, 0) is 46.3 Å². The number of hydrogen-bond acceptors (Lipinski definition) is 0. The second kappa shape index (κ2) is 6.82. The van der Waals surface area contributed by atoms with E-state index in [4.69, 9.17) is 0 Å². The van der Waals surface area contributed by atoms with Crippen LogP contribution in [0.2, 0.25) is 0 Å². The van der Waals surface area contributed by atoms with Gasteiger partial charge >= 0.3 is 0 Å². The van der Waals surface area contributed by atoms with Crippen molar-refractivity contribution in [3.8, 4) is 22.3 Å². The van der Waals surface area contributed by atoms with E-state index in [9.17, 15) is 4.39 Å². The number of halogens is 1. The largest absolute Gasteiger partial charge is 0.343 e. The van der Waals surface area contributed by atoms with Crippen LogP contribution < -0.4 is 0 Å². The zero-order chi connectivity index (χ0) is 20.9. The van der Waals surface area contributed by atoms with E-state index < -0.39 is 0 Å². The highest BCUT2D eigenvalue weighted by Crippen LogP contribution is 2.47. The molecule has 0 saturated carbocycles. The van der Waals surface area contributed by atoms with Crippen LogP contribution in [0.3, 0.4) is 0 Å². The molecule has 2 heteroatoms. The summed E-state index contributed by atoms with van der Waals surface area (Å²) in [7, 11) is 2.10. The number of benzene rings is 5. The van der Waals surface area contributed by atoms with Crippen molar-refractivity contribution in [2.24, 2.45) is 7.05 Å². The van der Waals surface area contributed by atoms with Crippen molar-refractivity contribution in [2.45, 2.75) is 0 Å². The van der Waals surface area contributed by atoms with Gasteiger partial charge in [0.2, 0.25) is 0 Å². The Kier molecular flexibility index (Phi) is 3.94. The van der Waals surface area contributed by atoms with Gasteiger partial charge in [-0.25, -0.2) is 4.39 Å². The van der Waals surface area contributed by atoms with Crippen molar-refractivity contribution in [3.05, 3.63) is 109 Å². The van der Waals surface area contributed by atoms with E-state index in [2.05, 4.69) is 72.3 Å². The van der Waals surface area contributed by atoms with Crippen molar-refractivity contribution >= 4 is 32.6 Å². The molecule has 148 valence electrons. The molecule has 0 saturated heterocycles. The highest BCUT2D eigenvalue weighted by molar-refractivity contribution is 6.28. The Hall–Kier alpha value is -3.91. The molecule has 0 amide bonds. The van der Waals surface area contributed by atoms with Gasteiger partial charge in [-0.15, -0.1) is 0 Å². The summed E-state index contributed by atoms with van der Waals surface area (Å²) in [4.78, 5) is 0. The first-order chi connectivity index (χ1) is 15.2. The summed E-state index contributed by atoms with van der Waals surface area (Å²) in [6.45, 7) is 0. The summed E-state index contributed by atoms with van der Waals surface area (Å²) in [5.74, 6) is -0.221. The topological polar surface area (TPSA) is 4.93 Å². The molecule has 0 aliphatic carbocycles. The number of hydrogen-bond donors (Lipinski definition) is 0. The molecule has 0 aliphatic rings. The molecular formula is C29H20FN. The fourth-order valence-electron chi connectivity index (χ4n) is 4.95. The van der Waals surface area contributed by atoms with Crippen molar-refractivity contribution in [1.82, 2.24) is 4.57 Å². The van der Waals surface area contributed by atoms with E-state index in [0.29, 0.717) is 0 Å². The van der Waals surface area contributed by atoms with Gasteiger partial charge < -0.3 is 4.57 Å². The Morgan fingerprint density at radius 2 is 1.19 bits per heavy atom. The number of aryl methyl sites for hydroxylation is 1. The SMILES string of the molecule is Cn1c2ccccc2c2c(-c3ccccc3)c(-c3ccccc3)c3cc(F)ccc3c21. The number of para-hydroxylation sites is 1. The van der Waals surface area contributed by atoms with Gasteiger partial charge in [0.05, 0.1) is 5.52 Å². The molecule has 0 aliphatic heterocycles. The zero-order valence-corrected chi connectivity index (χ0v) is 17.1. The van der Waals surface area contributed by atoms with Crippen molar-refractivity contribution in [3.63, 3.8) is 0 Å². The third kappa shape index (κ3) is 2.62. The Morgan fingerprint density at radius 3 is 1.90 bits per heavy atom. The average Bonchev–Trinajstić information content (AvgIpc) is 3.12. The Labute approximate surface area is 180 Å². The summed E-state index contributed by atoms with van der Waals surface area (Å²) in [5, 5.41) is 4.42. The van der Waals surface area contributed by atoms with Crippen molar-refractivity contribution in [1.29, 1.82) is 0 Å². The van der Waals surface area contributed by atoms with Gasteiger partial charge in [0, 0.05) is 34.3 Å². The van der Waals surface area contributed by atoms with E-state index in [-0.39, 0.29) is 5.82 Å². The second-order valence-electron chi connectivity index (χ2n) is 7.97. The molecule has 31 heavy (non-hydrogen) atoms. The van der Waals surface area contributed by atoms with E-state index in [1.54, 1.807) is 12.1 Å². The third-order valence-electron chi connectivity index (χ3n) is 6.24. The maximum atomic E-state index is 14.6. The van der Waals surface area contributed by atoms with Gasteiger partial charge in [-0.2, -0.15) is 0 Å². The van der Waals surface area contributed by atoms with E-state index >= 15 is 0 Å². The lowest BCUT2D eigenvalue weighted by atomic mass is 9.86. The molecule has 0 bridgehead atoms. The molecule has 1 aromatic heterocycles. The number of aromatic nitrogens is 1. The molecule has 0 unspecified atom stereocenters. The van der Waals surface area contributed by atoms with Crippen LogP contribution in [-0.4, -0.2) is 4.57 Å². The Bertz CT molecular complexity index is 1580. The molecule has 5 aromatic carbocycles. The predicted octanol–water partition coefficient (Wildman–Crippen LogP) is 7.96. The van der Waals surface area contributed by atoms with Gasteiger partial charge in [0.15, 0.2) is 0 Å². The normalized spacial score (nSPS) is 11.5. The number of rotatable bonds is 2. The summed E-state index contributed by atoms with van der Waals surface area (Å²) >= 11 is 0. The van der Waals surface area contributed by atoms with Crippen LogP contribution in [0.25, 0.3) is 54.8 Å². The smallest absolute Gasteiger partial charge is 0.123 e. The van der Waals surface area contributed by atoms with Crippen molar-refractivity contribution < 1.29 is 4.39 Å². The molecule has 6 aromatic rings. The van der Waals surface area contributed by atoms with E-state index in [0.717, 1.165) is 38.5 Å². The van der Waals surface area contributed by atoms with Crippen molar-refractivity contribution in [2.75, 3.05) is 0 Å². The first kappa shape index (κ1) is 17.9. The monoisotopic (exact) mass is 401 g/mol. The molecule has 1 heterocycles. The first-order valence-electron chi connectivity index (χ1n) is 10.5. The summed E-state index contributed by atoms with van der Waals surface area (Å²) < 4.78 is 16.8. The van der Waals surface area contributed by atoms with Gasteiger partial charge in [-0.3, -0.25) is 0 Å². The lowest BCUT2D eigenvalue weighted by Crippen LogP contribution is -1.94. The van der Waals surface area contributed by atoms with Crippen LogP contribution in [0.15, 0.2) is 103 Å². The fourth-order valence-corrected chi connectivity index (χ4v) is 4.95. The molecule has 0 radical (unpaired) electrons. The fraction of sp³-hybridized carbons (Fsp3) is 0.0345. The average molecular weight is 401 g/mol. The maximum absolute atomic E-state index is 14.6. The van der Waals surface area contributed by atoms with Crippen LogP contribution in [0.4, 0.5) is 4.39 Å². The van der Waals surface area contributed by atoms with E-state index in [1.807, 2.05) is 30.3 Å². The van der Waals surface area contributed by atoms with Crippen LogP contribution >= 0.6 is 0 Å². The number of nitrogens with zero attached hydrogens (tertiary/aromatic N) is 1. The molecule has 0 N–H and O–H groups in total. The minimum absolute atomic E-state index is 0.221. The highest BCUT2D eigenvalue weighted by Gasteiger charge is 2.22. The quantitative estimate of drug-likeness (QED) is 0.277. The summed E-state index contributed by atoms with van der Waals surface area (Å²) in [6, 6.07) is 34.5. The zero-order valence-electron chi connectivity index (χ0n) is 17.1. The summed E-state index contributed by atoms with van der Waals surface area (Å²) in [6.07, 6.45) is 0. The first-order valence-corrected chi connectivity index (χ1v) is 10.5. The lowest BCUT2D eigenvalue weighted by molar-refractivity contribution is 0.630. The molecule has 0 spiro atoms. The maximum Gasteiger partial charge on any atom is 0.123 e. The van der Waals surface area contributed by atoms with Gasteiger partial charge in [0.1, 0.15) is 5.82 Å². The molecule has 0 atom stereocenters. The van der Waals surface area contributed by atoms with Crippen LogP contribution in [-0.2, 0) is 7.05 Å².